The van der Waals surface area contributed by atoms with Crippen LogP contribution in [0.4, 0.5) is 5.69 Å². The first kappa shape index (κ1) is 14.9. The SMILES string of the molecule is C[C@@H]1[C@H]2Cc3ccc(O)c([N+](=O)[O-])c3[C@]1(C)CCN2CC1CC1. The third-order valence-corrected chi connectivity index (χ3v) is 6.58. The van der Waals surface area contributed by atoms with E-state index >= 15 is 0 Å². The van der Waals surface area contributed by atoms with Crippen LogP contribution in [0.2, 0.25) is 0 Å². The van der Waals surface area contributed by atoms with Crippen molar-refractivity contribution in [1.29, 1.82) is 0 Å². The minimum absolute atomic E-state index is 0.0639. The monoisotopic (exact) mass is 316 g/mol. The normalized spacial score (nSPS) is 33.3. The average Bonchev–Trinajstić information content (AvgIpc) is 3.30. The summed E-state index contributed by atoms with van der Waals surface area (Å²) >= 11 is 0. The molecule has 4 rings (SSSR count). The first-order valence-electron chi connectivity index (χ1n) is 8.65. The van der Waals surface area contributed by atoms with Crippen LogP contribution in [0.25, 0.3) is 0 Å². The smallest absolute Gasteiger partial charge is 0.314 e. The Labute approximate surface area is 136 Å². The lowest BCUT2D eigenvalue weighted by molar-refractivity contribution is -0.387. The second-order valence-electron chi connectivity index (χ2n) is 7.89. The predicted molar refractivity (Wildman–Crippen MR) is 87.7 cm³/mol. The number of fused-ring (bicyclic) bond motifs is 4. The van der Waals surface area contributed by atoms with E-state index in [4.69, 9.17) is 0 Å². The molecule has 1 aromatic rings. The summed E-state index contributed by atoms with van der Waals surface area (Å²) in [6.07, 6.45) is 4.49. The zero-order valence-corrected chi connectivity index (χ0v) is 13.8. The number of phenolic OH excluding ortho intramolecular Hbond substituents is 1. The van der Waals surface area contributed by atoms with Gasteiger partial charge in [-0.15, -0.1) is 0 Å². The van der Waals surface area contributed by atoms with Gasteiger partial charge in [-0.05, 0) is 55.7 Å². The molecule has 0 unspecified atom stereocenters. The maximum atomic E-state index is 11.6. The highest BCUT2D eigenvalue weighted by molar-refractivity contribution is 5.60. The number of piperidine rings is 1. The molecule has 1 saturated carbocycles. The quantitative estimate of drug-likeness (QED) is 0.687. The molecule has 1 heterocycles. The molecule has 3 atom stereocenters. The van der Waals surface area contributed by atoms with Crippen molar-refractivity contribution in [3.8, 4) is 5.75 Å². The lowest BCUT2D eigenvalue weighted by atomic mass is 9.58. The molecule has 2 fully saturated rings. The van der Waals surface area contributed by atoms with Crippen molar-refractivity contribution in [2.75, 3.05) is 13.1 Å². The number of nitro groups is 1. The fourth-order valence-electron chi connectivity index (χ4n) is 4.87. The summed E-state index contributed by atoms with van der Waals surface area (Å²) < 4.78 is 0. The standard InChI is InChI=1S/C18H24N2O3/c1-11-14-9-13-5-6-15(21)17(20(22)23)16(13)18(11,2)7-8-19(14)10-12-3-4-12/h5-6,11-12,14,21H,3-4,7-10H2,1-2H3/t11-,14-,18-/m1/s1. The summed E-state index contributed by atoms with van der Waals surface area (Å²) in [5.74, 6) is 1.03. The zero-order chi connectivity index (χ0) is 16.4. The third kappa shape index (κ3) is 2.17. The fraction of sp³-hybridized carbons (Fsp3) is 0.667. The molecule has 1 N–H and O–H groups in total. The number of phenols is 1. The highest BCUT2D eigenvalue weighted by Gasteiger charge is 2.52. The predicted octanol–water partition coefficient (Wildman–Crippen LogP) is 3.23. The summed E-state index contributed by atoms with van der Waals surface area (Å²) in [6.45, 7) is 6.58. The van der Waals surface area contributed by atoms with Crippen LogP contribution in [0, 0.1) is 22.0 Å². The van der Waals surface area contributed by atoms with Gasteiger partial charge in [-0.1, -0.05) is 19.9 Å². The van der Waals surface area contributed by atoms with E-state index in [0.717, 1.165) is 36.4 Å². The van der Waals surface area contributed by atoms with Crippen molar-refractivity contribution in [3.63, 3.8) is 0 Å². The summed E-state index contributed by atoms with van der Waals surface area (Å²) in [6, 6.07) is 3.86. The van der Waals surface area contributed by atoms with E-state index in [1.54, 1.807) is 0 Å². The molecule has 0 aromatic heterocycles. The zero-order valence-electron chi connectivity index (χ0n) is 13.8. The van der Waals surface area contributed by atoms with Gasteiger partial charge in [0, 0.05) is 23.6 Å². The van der Waals surface area contributed by atoms with Gasteiger partial charge >= 0.3 is 5.69 Å². The minimum atomic E-state index is -0.400. The summed E-state index contributed by atoms with van der Waals surface area (Å²) in [4.78, 5) is 13.8. The lowest BCUT2D eigenvalue weighted by Gasteiger charge is -2.54. The lowest BCUT2D eigenvalue weighted by Crippen LogP contribution is -2.58. The number of benzene rings is 1. The van der Waals surface area contributed by atoms with Gasteiger partial charge < -0.3 is 5.11 Å². The van der Waals surface area contributed by atoms with Gasteiger partial charge in [-0.2, -0.15) is 0 Å². The molecule has 1 aliphatic heterocycles. The molecule has 0 radical (unpaired) electrons. The molecule has 2 aliphatic carbocycles. The molecule has 0 amide bonds. The van der Waals surface area contributed by atoms with Crippen LogP contribution in [-0.2, 0) is 11.8 Å². The average molecular weight is 316 g/mol. The van der Waals surface area contributed by atoms with Crippen LogP contribution >= 0.6 is 0 Å². The number of nitro benzene ring substituents is 1. The number of hydrogen-bond acceptors (Lipinski definition) is 4. The Bertz CT molecular complexity index is 670. The summed E-state index contributed by atoms with van der Waals surface area (Å²) in [7, 11) is 0. The van der Waals surface area contributed by atoms with E-state index in [1.165, 1.54) is 25.5 Å². The van der Waals surface area contributed by atoms with Gasteiger partial charge in [0.1, 0.15) is 0 Å². The molecular weight excluding hydrogens is 292 g/mol. The van der Waals surface area contributed by atoms with Crippen molar-refractivity contribution in [2.24, 2.45) is 11.8 Å². The second-order valence-corrected chi connectivity index (χ2v) is 7.89. The largest absolute Gasteiger partial charge is 0.502 e. The number of aromatic hydroxyl groups is 1. The van der Waals surface area contributed by atoms with E-state index < -0.39 is 4.92 Å². The van der Waals surface area contributed by atoms with Crippen molar-refractivity contribution < 1.29 is 10.0 Å². The number of likely N-dealkylation sites (tertiary alicyclic amines) is 1. The van der Waals surface area contributed by atoms with E-state index in [1.807, 2.05) is 6.07 Å². The minimum Gasteiger partial charge on any atom is -0.502 e. The summed E-state index contributed by atoms with van der Waals surface area (Å²) in [5.41, 5.74) is 1.56. The van der Waals surface area contributed by atoms with Gasteiger partial charge in [0.15, 0.2) is 5.75 Å². The van der Waals surface area contributed by atoms with Crippen molar-refractivity contribution in [3.05, 3.63) is 33.4 Å². The molecule has 124 valence electrons. The number of rotatable bonds is 3. The Morgan fingerprint density at radius 1 is 1.43 bits per heavy atom. The van der Waals surface area contributed by atoms with Gasteiger partial charge in [-0.25, -0.2) is 0 Å². The second kappa shape index (κ2) is 4.94. The van der Waals surface area contributed by atoms with Gasteiger partial charge in [0.2, 0.25) is 0 Å². The van der Waals surface area contributed by atoms with E-state index in [0.29, 0.717) is 12.0 Å². The Balaban J connectivity index is 1.80. The first-order chi connectivity index (χ1) is 10.9. The summed E-state index contributed by atoms with van der Waals surface area (Å²) in [5, 5.41) is 21.6. The Morgan fingerprint density at radius 2 is 2.17 bits per heavy atom. The van der Waals surface area contributed by atoms with Crippen molar-refractivity contribution in [1.82, 2.24) is 4.90 Å². The molecule has 2 bridgehead atoms. The van der Waals surface area contributed by atoms with Crippen LogP contribution in [0.5, 0.6) is 5.75 Å². The maximum absolute atomic E-state index is 11.6. The highest BCUT2D eigenvalue weighted by atomic mass is 16.6. The molecule has 3 aliphatic rings. The third-order valence-electron chi connectivity index (χ3n) is 6.58. The van der Waals surface area contributed by atoms with Gasteiger partial charge in [0.05, 0.1) is 4.92 Å². The van der Waals surface area contributed by atoms with E-state index in [9.17, 15) is 15.2 Å². The van der Waals surface area contributed by atoms with Gasteiger partial charge in [-0.3, -0.25) is 15.0 Å². The maximum Gasteiger partial charge on any atom is 0.314 e. The molecule has 0 spiro atoms. The van der Waals surface area contributed by atoms with Crippen LogP contribution in [0.15, 0.2) is 12.1 Å². The molecule has 5 heteroatoms. The molecule has 1 saturated heterocycles. The Kier molecular flexibility index (Phi) is 3.21. The molecule has 5 nitrogen and oxygen atoms in total. The van der Waals surface area contributed by atoms with Crippen LogP contribution in [0.3, 0.4) is 0 Å². The van der Waals surface area contributed by atoms with Crippen molar-refractivity contribution in [2.45, 2.75) is 51.0 Å². The van der Waals surface area contributed by atoms with E-state index in [2.05, 4.69) is 18.7 Å². The van der Waals surface area contributed by atoms with E-state index in [-0.39, 0.29) is 16.9 Å². The van der Waals surface area contributed by atoms with Crippen LogP contribution < -0.4 is 0 Å². The first-order valence-corrected chi connectivity index (χ1v) is 8.65. The van der Waals surface area contributed by atoms with Crippen molar-refractivity contribution >= 4 is 5.69 Å². The Hall–Kier alpha value is -1.62. The highest BCUT2D eigenvalue weighted by Crippen LogP contribution is 2.53. The topological polar surface area (TPSA) is 66.6 Å². The fourth-order valence-corrected chi connectivity index (χ4v) is 4.87. The van der Waals surface area contributed by atoms with Crippen LogP contribution in [0.1, 0.15) is 44.2 Å². The van der Waals surface area contributed by atoms with Gasteiger partial charge in [0.25, 0.3) is 0 Å². The molecule has 1 aromatic carbocycles. The van der Waals surface area contributed by atoms with Crippen LogP contribution in [-0.4, -0.2) is 34.1 Å². The number of hydrogen-bond donors (Lipinski definition) is 1. The Morgan fingerprint density at radius 3 is 2.83 bits per heavy atom. The molecular formula is C18H24N2O3. The number of nitrogens with zero attached hydrogens (tertiary/aromatic N) is 2. The molecule has 23 heavy (non-hydrogen) atoms.